The average molecular weight is 200 g/mol. The largest absolute Gasteiger partial charge is 0.396 e. The molecule has 1 N–H and O–H groups in total. The Morgan fingerprint density at radius 1 is 1.20 bits per heavy atom. The van der Waals surface area contributed by atoms with Crippen LogP contribution in [0.25, 0.3) is 0 Å². The highest BCUT2D eigenvalue weighted by molar-refractivity contribution is 5.27. The Bertz CT molecular complexity index is 362. The molecule has 78 valence electrons. The highest BCUT2D eigenvalue weighted by Gasteiger charge is 2.12. The maximum absolute atomic E-state index is 9.39. The van der Waals surface area contributed by atoms with E-state index in [0.717, 1.165) is 12.8 Å². The van der Waals surface area contributed by atoms with Crippen LogP contribution in [0.1, 0.15) is 24.3 Å². The summed E-state index contributed by atoms with van der Waals surface area (Å²) in [6.45, 7) is 0.224. The molecule has 0 heterocycles. The predicted molar refractivity (Wildman–Crippen MR) is 62.7 cm³/mol. The van der Waals surface area contributed by atoms with E-state index < -0.39 is 0 Å². The molecule has 1 aliphatic rings. The van der Waals surface area contributed by atoms with Crippen molar-refractivity contribution in [3.63, 3.8) is 0 Å². The van der Waals surface area contributed by atoms with Crippen molar-refractivity contribution in [2.75, 3.05) is 6.61 Å². The maximum Gasteiger partial charge on any atom is 0.0502 e. The molecule has 1 aromatic rings. The summed E-state index contributed by atoms with van der Waals surface area (Å²) in [6.07, 6.45) is 8.42. The molecule has 0 aromatic heterocycles. The van der Waals surface area contributed by atoms with Gasteiger partial charge in [0.1, 0.15) is 0 Å². The summed E-state index contributed by atoms with van der Waals surface area (Å²) in [5.41, 5.74) is 2.64. The van der Waals surface area contributed by atoms with Gasteiger partial charge in [-0.1, -0.05) is 54.1 Å². The number of aliphatic hydroxyl groups excluding tert-OH is 1. The minimum atomic E-state index is 0.224. The summed E-state index contributed by atoms with van der Waals surface area (Å²) in [5, 5.41) is 9.39. The van der Waals surface area contributed by atoms with Gasteiger partial charge in [0.05, 0.1) is 6.61 Å². The summed E-state index contributed by atoms with van der Waals surface area (Å²) in [5.74, 6) is 0.248. The Morgan fingerprint density at radius 3 is 2.60 bits per heavy atom. The molecule has 0 saturated heterocycles. The average Bonchev–Trinajstić information content (AvgIpc) is 2.80. The summed E-state index contributed by atoms with van der Waals surface area (Å²) in [7, 11) is 0. The summed E-state index contributed by atoms with van der Waals surface area (Å²) < 4.78 is 0. The van der Waals surface area contributed by atoms with Gasteiger partial charge in [0.2, 0.25) is 0 Å². The molecule has 0 radical (unpaired) electrons. The Labute approximate surface area is 90.8 Å². The lowest BCUT2D eigenvalue weighted by Crippen LogP contribution is -2.04. The maximum atomic E-state index is 9.39. The summed E-state index contributed by atoms with van der Waals surface area (Å²) >= 11 is 0. The summed E-state index contributed by atoms with van der Waals surface area (Å²) in [6, 6.07) is 10.2. The van der Waals surface area contributed by atoms with Gasteiger partial charge in [0, 0.05) is 5.92 Å². The quantitative estimate of drug-likeness (QED) is 0.792. The fourth-order valence-electron chi connectivity index (χ4n) is 1.97. The first-order valence-corrected chi connectivity index (χ1v) is 5.40. The predicted octanol–water partition coefficient (Wildman–Crippen LogP) is 3.04. The van der Waals surface area contributed by atoms with Crippen molar-refractivity contribution in [1.82, 2.24) is 0 Å². The molecule has 1 nitrogen and oxygen atoms in total. The number of hydrogen-bond donors (Lipinski definition) is 1. The van der Waals surface area contributed by atoms with Gasteiger partial charge in [0.25, 0.3) is 0 Å². The Balaban J connectivity index is 2.05. The minimum Gasteiger partial charge on any atom is -0.396 e. The second-order valence-corrected chi connectivity index (χ2v) is 3.95. The third kappa shape index (κ3) is 2.57. The van der Waals surface area contributed by atoms with E-state index in [0.29, 0.717) is 0 Å². The molecule has 0 amide bonds. The number of allylic oxidation sites excluding steroid dienone is 4. The van der Waals surface area contributed by atoms with Crippen molar-refractivity contribution in [2.24, 2.45) is 0 Å². The first-order chi connectivity index (χ1) is 7.40. The van der Waals surface area contributed by atoms with Crippen molar-refractivity contribution >= 4 is 0 Å². The van der Waals surface area contributed by atoms with Crippen LogP contribution in [0.15, 0.2) is 54.1 Å². The number of rotatable bonds is 4. The lowest BCUT2D eigenvalue weighted by Gasteiger charge is -2.15. The minimum absolute atomic E-state index is 0.224. The van der Waals surface area contributed by atoms with E-state index in [1.807, 2.05) is 18.2 Å². The lowest BCUT2D eigenvalue weighted by molar-refractivity contribution is 0.264. The van der Waals surface area contributed by atoms with Crippen LogP contribution in [0, 0.1) is 0 Å². The molecule has 0 bridgehead atoms. The van der Waals surface area contributed by atoms with Crippen molar-refractivity contribution in [3.8, 4) is 0 Å². The van der Waals surface area contributed by atoms with E-state index in [2.05, 4.69) is 30.4 Å². The summed E-state index contributed by atoms with van der Waals surface area (Å²) in [4.78, 5) is 0. The van der Waals surface area contributed by atoms with E-state index in [1.54, 1.807) is 0 Å². The molecule has 1 unspecified atom stereocenters. The number of hydrogen-bond acceptors (Lipinski definition) is 1. The van der Waals surface area contributed by atoms with E-state index in [9.17, 15) is 5.11 Å². The zero-order valence-corrected chi connectivity index (χ0v) is 8.76. The second kappa shape index (κ2) is 4.94. The van der Waals surface area contributed by atoms with Gasteiger partial charge < -0.3 is 5.11 Å². The smallest absolute Gasteiger partial charge is 0.0502 e. The van der Waals surface area contributed by atoms with Crippen LogP contribution in [0.5, 0.6) is 0 Å². The van der Waals surface area contributed by atoms with Crippen LogP contribution in [0.2, 0.25) is 0 Å². The van der Waals surface area contributed by atoms with Gasteiger partial charge in [-0.3, -0.25) is 0 Å². The molecule has 0 saturated carbocycles. The highest BCUT2D eigenvalue weighted by atomic mass is 16.3. The van der Waals surface area contributed by atoms with Gasteiger partial charge in [-0.05, 0) is 18.4 Å². The SMILES string of the molecule is OCC(CC1=CC=CC1)c1ccccc1. The Kier molecular flexibility index (Phi) is 3.36. The fourth-order valence-corrected chi connectivity index (χ4v) is 1.97. The van der Waals surface area contributed by atoms with Gasteiger partial charge in [-0.2, -0.15) is 0 Å². The van der Waals surface area contributed by atoms with Crippen LogP contribution >= 0.6 is 0 Å². The van der Waals surface area contributed by atoms with Gasteiger partial charge in [-0.25, -0.2) is 0 Å². The van der Waals surface area contributed by atoms with Gasteiger partial charge in [-0.15, -0.1) is 0 Å². The van der Waals surface area contributed by atoms with Crippen LogP contribution in [-0.2, 0) is 0 Å². The highest BCUT2D eigenvalue weighted by Crippen LogP contribution is 2.26. The first-order valence-electron chi connectivity index (χ1n) is 5.40. The van der Waals surface area contributed by atoms with Crippen LogP contribution in [-0.4, -0.2) is 11.7 Å². The van der Waals surface area contributed by atoms with Crippen LogP contribution in [0.3, 0.4) is 0 Å². The van der Waals surface area contributed by atoms with E-state index in [1.165, 1.54) is 11.1 Å². The molecule has 0 aliphatic heterocycles. The molecule has 0 fully saturated rings. The lowest BCUT2D eigenvalue weighted by atomic mass is 9.92. The topological polar surface area (TPSA) is 20.2 Å². The first kappa shape index (κ1) is 10.2. The number of aliphatic hydroxyl groups is 1. The molecule has 2 rings (SSSR count). The monoisotopic (exact) mass is 200 g/mol. The molecule has 1 atom stereocenters. The van der Waals surface area contributed by atoms with Gasteiger partial charge >= 0.3 is 0 Å². The van der Waals surface area contributed by atoms with E-state index in [4.69, 9.17) is 0 Å². The Hall–Kier alpha value is -1.34. The molecule has 1 heteroatoms. The Morgan fingerprint density at radius 2 is 2.00 bits per heavy atom. The normalized spacial score (nSPS) is 16.5. The molecular weight excluding hydrogens is 184 g/mol. The standard InChI is InChI=1S/C14H16O/c15-11-14(10-12-6-4-5-7-12)13-8-2-1-3-9-13/h1-6,8-9,14-15H,7,10-11H2. The molecule has 0 spiro atoms. The third-order valence-electron chi connectivity index (χ3n) is 2.85. The zero-order chi connectivity index (χ0) is 10.5. The molecule has 1 aromatic carbocycles. The fraction of sp³-hybridized carbons (Fsp3) is 0.286. The molecular formula is C14H16O. The van der Waals surface area contributed by atoms with E-state index >= 15 is 0 Å². The zero-order valence-electron chi connectivity index (χ0n) is 8.76. The van der Waals surface area contributed by atoms with Crippen LogP contribution < -0.4 is 0 Å². The van der Waals surface area contributed by atoms with Crippen molar-refractivity contribution in [2.45, 2.75) is 18.8 Å². The molecule has 15 heavy (non-hydrogen) atoms. The second-order valence-electron chi connectivity index (χ2n) is 3.95. The van der Waals surface area contributed by atoms with Gasteiger partial charge in [0.15, 0.2) is 0 Å². The van der Waals surface area contributed by atoms with E-state index in [-0.39, 0.29) is 12.5 Å². The molecule has 1 aliphatic carbocycles. The third-order valence-corrected chi connectivity index (χ3v) is 2.85. The van der Waals surface area contributed by atoms with Crippen molar-refractivity contribution in [1.29, 1.82) is 0 Å². The number of benzene rings is 1. The van der Waals surface area contributed by atoms with Crippen molar-refractivity contribution in [3.05, 3.63) is 59.7 Å². The van der Waals surface area contributed by atoms with Crippen molar-refractivity contribution < 1.29 is 5.11 Å². The van der Waals surface area contributed by atoms with Crippen LogP contribution in [0.4, 0.5) is 0 Å².